The van der Waals surface area contributed by atoms with Gasteiger partial charge >= 0.3 is 0 Å². The third kappa shape index (κ3) is 18.5. The van der Waals surface area contributed by atoms with E-state index in [1.165, 1.54) is 23.5 Å². The van der Waals surface area contributed by atoms with Gasteiger partial charge in [0.05, 0.1) is 73.7 Å². The third-order valence-electron chi connectivity index (χ3n) is 25.9. The lowest BCUT2D eigenvalue weighted by molar-refractivity contribution is -0.121. The van der Waals surface area contributed by atoms with Crippen molar-refractivity contribution in [3.05, 3.63) is 283 Å². The van der Waals surface area contributed by atoms with Gasteiger partial charge < -0.3 is 63.7 Å². The molecule has 1 atom stereocenters. The summed E-state index contributed by atoms with van der Waals surface area (Å²) in [4.78, 5) is 74.9. The molecular formula is C101H98N10O20S3. The number of amides is 2. The molecule has 690 valence electrons. The molecule has 30 nitrogen and oxygen atoms in total. The van der Waals surface area contributed by atoms with Crippen LogP contribution in [0.3, 0.4) is 0 Å². The highest BCUT2D eigenvalue weighted by Gasteiger charge is 2.55. The highest BCUT2D eigenvalue weighted by Crippen LogP contribution is 2.56. The number of carbonyl (C=O) groups excluding carboxylic acids is 4. The summed E-state index contributed by atoms with van der Waals surface area (Å²) < 4.78 is 123. The fourth-order valence-electron chi connectivity index (χ4n) is 17.6. The molecule has 5 aliphatic heterocycles. The quantitative estimate of drug-likeness (QED) is 0.0278. The molecule has 4 saturated carbocycles. The maximum atomic E-state index is 13.4. The second kappa shape index (κ2) is 36.6. The van der Waals surface area contributed by atoms with Crippen molar-refractivity contribution in [1.29, 1.82) is 0 Å². The molecule has 134 heavy (non-hydrogen) atoms. The van der Waals surface area contributed by atoms with Crippen LogP contribution < -0.4 is 53.3 Å². The number of carbonyl (C=O) groups is 4. The summed E-state index contributed by atoms with van der Waals surface area (Å²) >= 11 is 0. The molecule has 0 unspecified atom stereocenters. The molecule has 5 aromatic heterocycles. The maximum Gasteiger partial charge on any atom is 0.243 e. The molecule has 1 saturated heterocycles. The second-order valence-corrected chi connectivity index (χ2v) is 40.2. The van der Waals surface area contributed by atoms with Crippen LogP contribution in [0.5, 0.6) is 46.0 Å². The van der Waals surface area contributed by atoms with Gasteiger partial charge in [0.2, 0.25) is 69.1 Å². The first-order valence-corrected chi connectivity index (χ1v) is 48.8. The molecule has 9 aliphatic rings. The lowest BCUT2D eigenvalue weighted by atomic mass is 9.88. The molecule has 0 bridgehead atoms. The lowest BCUT2D eigenvalue weighted by Gasteiger charge is -2.22. The number of nitrogens with zero attached hydrogens (tertiary/aromatic N) is 6. The molecule has 2 amide bonds. The van der Waals surface area contributed by atoms with E-state index in [9.17, 15) is 49.5 Å². The number of ketones is 2. The fraction of sp³-hybridized carbons (Fsp3) is 0.267. The number of ether oxygens (including phenoxy) is 8. The van der Waals surface area contributed by atoms with Crippen LogP contribution in [0.4, 0.5) is 17.3 Å². The number of nitrogens with one attached hydrogen (secondary N) is 4. The highest BCUT2D eigenvalue weighted by molar-refractivity contribution is 7.92. The Morgan fingerprint density at radius 2 is 0.925 bits per heavy atom. The number of hydrogen-bond donors (Lipinski definition) is 6. The predicted octanol–water partition coefficient (Wildman–Crippen LogP) is 15.0. The Kier molecular flexibility index (Phi) is 24.4. The van der Waals surface area contributed by atoms with Gasteiger partial charge in [0.15, 0.2) is 46.0 Å². The van der Waals surface area contributed by atoms with Gasteiger partial charge in [-0.2, -0.15) is 8.61 Å². The second-order valence-electron chi connectivity index (χ2n) is 34.5. The monoisotopic (exact) mass is 1870 g/mol. The molecular weight excluding hydrogens is 1770 g/mol. The van der Waals surface area contributed by atoms with E-state index in [4.69, 9.17) is 48.0 Å². The summed E-state index contributed by atoms with van der Waals surface area (Å²) in [6.07, 6.45) is 12.9. The summed E-state index contributed by atoms with van der Waals surface area (Å²) in [5, 5.41) is 25.6. The summed E-state index contributed by atoms with van der Waals surface area (Å²) in [7, 11) is -9.36. The van der Waals surface area contributed by atoms with Crippen LogP contribution in [0.15, 0.2) is 259 Å². The smallest absolute Gasteiger partial charge is 0.243 e. The van der Waals surface area contributed by atoms with Crippen LogP contribution in [0.2, 0.25) is 0 Å². The summed E-state index contributed by atoms with van der Waals surface area (Å²) in [6.45, 7) is 0.821. The average molecular weight is 1870 g/mol. The van der Waals surface area contributed by atoms with Gasteiger partial charge in [-0.15, -0.1) is 0 Å². The Labute approximate surface area is 776 Å². The van der Waals surface area contributed by atoms with E-state index in [2.05, 4.69) is 53.5 Å². The standard InChI is InChI=1S/C28H28N2O6S.C26H26N2O6S.C24H19N3O3.C23H21N3O5S.2H2/c31-17-22-4-2-14-30(22)37(33,34)23-9-6-19(7-10-23)24-5-1-3-21(29-24)16-27(32)28(12-13-28)20-8-11-25-26(15-20)36-18-35-25;1-28(13-14-29)35(31,32)21-8-5-18(6-9-21)22-4-2-3-20(27-22)16-25(30)26(11-12-26)19-7-10-23-24(15-19)34-17-33-23;28-23(24(8-9-24)18-3-5-20-21(12-18)30-14-29-20)27-22-6-2-17(13-26-22)15-1-4-19-16(11-15)7-10-25-19;1-32(28,29)26-18-6-3-2-5-16(18)17-7-4-8-21(24-17)25-22(27)23(11-12-23)15-9-10-19-20(13-15)31-14-30-19;;/h1,3,5-11,15,22,31H,2,4,12-14,16-18H2;2-10,15,29H,11-14,16-17H2,1H3;1-7,10-13,25H,8-9,14H2,(H,26,27,28);2-10,13,26H,11-12,14H2,1H3,(H,24,25,27);2*1H/t22-;;;;;/m1...../s1. The zero-order valence-corrected chi connectivity index (χ0v) is 75.5. The molecule has 8 aromatic carbocycles. The van der Waals surface area contributed by atoms with E-state index >= 15 is 0 Å². The first-order valence-electron chi connectivity index (χ1n) is 44.0. The average Bonchev–Trinajstić information content (AvgIpc) is 1.60. The van der Waals surface area contributed by atoms with E-state index in [0.717, 1.165) is 130 Å². The number of H-pyrrole nitrogens is 1. The molecule has 10 heterocycles. The van der Waals surface area contributed by atoms with Crippen LogP contribution in [0, 0.1) is 0 Å². The number of pyridine rings is 4. The zero-order valence-electron chi connectivity index (χ0n) is 73.0. The van der Waals surface area contributed by atoms with Crippen LogP contribution >= 0.6 is 0 Å². The van der Waals surface area contributed by atoms with Crippen LogP contribution in [0.25, 0.3) is 55.8 Å². The number of aromatic amines is 1. The van der Waals surface area contributed by atoms with E-state index in [1.54, 1.807) is 85.1 Å². The number of Topliss-reactive ketones (excluding diaryl/α,β-unsaturated/α-hetero) is 2. The van der Waals surface area contributed by atoms with Crippen molar-refractivity contribution in [3.63, 3.8) is 0 Å². The highest BCUT2D eigenvalue weighted by atomic mass is 32.2. The lowest BCUT2D eigenvalue weighted by Crippen LogP contribution is -2.37. The largest absolute Gasteiger partial charge is 0.454 e. The van der Waals surface area contributed by atoms with Gasteiger partial charge in [-0.25, -0.2) is 35.2 Å². The number of sulfonamides is 3. The number of likely N-dealkylation sites (N-methyl/N-ethyl adjacent to an activating group) is 1. The van der Waals surface area contributed by atoms with Crippen molar-refractivity contribution in [2.75, 3.05) is 82.1 Å². The van der Waals surface area contributed by atoms with Gasteiger partial charge in [0.25, 0.3) is 0 Å². The number of aliphatic hydroxyl groups excluding tert-OH is 2. The minimum atomic E-state index is -3.67. The molecule has 0 radical (unpaired) electrons. The Hall–Kier alpha value is -13.9. The zero-order chi connectivity index (χ0) is 92.7. The van der Waals surface area contributed by atoms with Gasteiger partial charge in [0, 0.05) is 93.4 Å². The molecule has 6 N–H and O–H groups in total. The number of rotatable bonds is 27. The Bertz CT molecular complexity index is 7110. The molecule has 0 spiro atoms. The first kappa shape index (κ1) is 89.3. The normalized spacial score (nSPS) is 17.0. The minimum Gasteiger partial charge on any atom is -0.454 e. The molecule has 22 rings (SSSR count). The number of anilines is 3. The van der Waals surface area contributed by atoms with Gasteiger partial charge in [-0.05, 0) is 243 Å². The summed E-state index contributed by atoms with van der Waals surface area (Å²) in [6, 6.07) is 70.9. The predicted molar refractivity (Wildman–Crippen MR) is 503 cm³/mol. The van der Waals surface area contributed by atoms with Crippen molar-refractivity contribution in [3.8, 4) is 90.9 Å². The van der Waals surface area contributed by atoms with Crippen LogP contribution in [-0.4, -0.2) is 165 Å². The fourth-order valence-corrected chi connectivity index (χ4v) is 21.1. The molecule has 13 aromatic rings. The molecule has 5 fully saturated rings. The molecule has 33 heteroatoms. The van der Waals surface area contributed by atoms with Crippen molar-refractivity contribution in [1.82, 2.24) is 33.5 Å². The number of benzene rings is 8. The Balaban J connectivity index is 0.000000126. The topological polar surface area (TPSA) is 395 Å². The van der Waals surface area contributed by atoms with Gasteiger partial charge in [0.1, 0.15) is 23.2 Å². The SMILES string of the molecule is CN(CCO)S(=O)(=O)c1ccc(-c2cccc(CC(=O)C3(c4ccc5c(c4)OCO5)CC3)n2)cc1.CS(=O)(=O)Nc1ccccc1-c1cccc(NC(=O)C2(c3ccc4c(c3)OCO4)CC2)n1.O=C(Cc1cccc(-c2ccc(S(=O)(=O)N3CCC[C@@H]3CO)cc2)n1)C1(c2ccc3c(c2)OCO3)CC1.O=C(Nc1ccc(-c2ccc3[nH]ccc3c2)cn1)C1(c2ccc3c(c2)OCO3)CC1.[HH].[HH]. The summed E-state index contributed by atoms with van der Waals surface area (Å²) in [5.41, 5.74) is 10.6. The number of fused-ring (bicyclic) bond motifs is 5. The minimum absolute atomic E-state index is 0. The maximum absolute atomic E-state index is 13.4. The number of hydrogen-bond acceptors (Lipinski definition) is 24. The van der Waals surface area contributed by atoms with Crippen molar-refractivity contribution in [2.45, 2.75) is 115 Å². The van der Waals surface area contributed by atoms with Crippen molar-refractivity contribution in [2.24, 2.45) is 0 Å². The summed E-state index contributed by atoms with van der Waals surface area (Å²) in [5.74, 6) is 6.55. The van der Waals surface area contributed by atoms with Crippen molar-refractivity contribution >= 4 is 81.7 Å². The van der Waals surface area contributed by atoms with E-state index in [-0.39, 0.29) is 102 Å². The van der Waals surface area contributed by atoms with E-state index in [0.29, 0.717) is 105 Å². The van der Waals surface area contributed by atoms with Crippen LogP contribution in [0.1, 0.15) is 101 Å². The Morgan fingerprint density at radius 3 is 1.40 bits per heavy atom. The van der Waals surface area contributed by atoms with E-state index in [1.807, 2.05) is 134 Å². The van der Waals surface area contributed by atoms with Gasteiger partial charge in [-0.3, -0.25) is 33.9 Å². The number of aromatic nitrogens is 5. The van der Waals surface area contributed by atoms with Gasteiger partial charge in [-0.1, -0.05) is 91.0 Å². The van der Waals surface area contributed by atoms with Crippen LogP contribution in [-0.2, 0) is 83.7 Å². The molecule has 4 aliphatic carbocycles. The third-order valence-corrected chi connectivity index (χ3v) is 30.3. The number of para-hydroxylation sites is 1. The Morgan fingerprint density at radius 1 is 0.470 bits per heavy atom. The van der Waals surface area contributed by atoms with E-state index < -0.39 is 51.7 Å². The first-order chi connectivity index (χ1) is 64.8. The van der Waals surface area contributed by atoms with Crippen molar-refractivity contribution < 1.29 is 95.4 Å². The number of aliphatic hydroxyl groups is 2.